The summed E-state index contributed by atoms with van der Waals surface area (Å²) < 4.78 is 5.19. The predicted molar refractivity (Wildman–Crippen MR) is 80.1 cm³/mol. The SMILES string of the molecule is CC(C)OC(=O)N1CCC(NC(=O)N(C)C2CCC2)CC1. The van der Waals surface area contributed by atoms with Crippen LogP contribution in [-0.4, -0.2) is 60.2 Å². The van der Waals surface area contributed by atoms with Crippen molar-refractivity contribution in [2.75, 3.05) is 20.1 Å². The van der Waals surface area contributed by atoms with Gasteiger partial charge in [-0.15, -0.1) is 0 Å². The molecule has 1 aliphatic carbocycles. The van der Waals surface area contributed by atoms with Crippen molar-refractivity contribution < 1.29 is 14.3 Å². The summed E-state index contributed by atoms with van der Waals surface area (Å²) >= 11 is 0. The molecule has 0 unspecified atom stereocenters. The van der Waals surface area contributed by atoms with Crippen LogP contribution in [0.3, 0.4) is 0 Å². The van der Waals surface area contributed by atoms with Crippen molar-refractivity contribution in [2.24, 2.45) is 0 Å². The highest BCUT2D eigenvalue weighted by Gasteiger charge is 2.29. The maximum absolute atomic E-state index is 12.1. The van der Waals surface area contributed by atoms with E-state index in [0.29, 0.717) is 19.1 Å². The Hall–Kier alpha value is -1.46. The number of carbonyl (C=O) groups excluding carboxylic acids is 2. The van der Waals surface area contributed by atoms with Gasteiger partial charge >= 0.3 is 12.1 Å². The lowest BCUT2D eigenvalue weighted by Crippen LogP contribution is -2.52. The molecule has 0 aromatic carbocycles. The van der Waals surface area contributed by atoms with Gasteiger partial charge in [-0.3, -0.25) is 0 Å². The van der Waals surface area contributed by atoms with E-state index in [1.54, 1.807) is 4.90 Å². The van der Waals surface area contributed by atoms with Gasteiger partial charge in [0.25, 0.3) is 0 Å². The zero-order valence-electron chi connectivity index (χ0n) is 13.3. The van der Waals surface area contributed by atoms with Gasteiger partial charge in [0, 0.05) is 32.2 Å². The van der Waals surface area contributed by atoms with Gasteiger partial charge in [-0.25, -0.2) is 9.59 Å². The van der Waals surface area contributed by atoms with Crippen molar-refractivity contribution >= 4 is 12.1 Å². The third-order valence-electron chi connectivity index (χ3n) is 4.36. The minimum Gasteiger partial charge on any atom is -0.447 e. The van der Waals surface area contributed by atoms with Crippen molar-refractivity contribution in [3.05, 3.63) is 0 Å². The van der Waals surface area contributed by atoms with E-state index in [0.717, 1.165) is 25.7 Å². The lowest BCUT2D eigenvalue weighted by atomic mass is 9.92. The molecule has 1 heterocycles. The fraction of sp³-hybridized carbons (Fsp3) is 0.867. The fourth-order valence-corrected chi connectivity index (χ4v) is 2.70. The van der Waals surface area contributed by atoms with Crippen LogP contribution in [0.1, 0.15) is 46.0 Å². The zero-order chi connectivity index (χ0) is 15.4. The first kappa shape index (κ1) is 15.9. The molecule has 1 saturated carbocycles. The second-order valence-electron chi connectivity index (χ2n) is 6.34. The molecule has 6 nitrogen and oxygen atoms in total. The number of amides is 3. The summed E-state index contributed by atoms with van der Waals surface area (Å²) in [5.41, 5.74) is 0. The Morgan fingerprint density at radius 1 is 1.19 bits per heavy atom. The van der Waals surface area contributed by atoms with Crippen LogP contribution in [0.5, 0.6) is 0 Å². The van der Waals surface area contributed by atoms with E-state index in [2.05, 4.69) is 5.32 Å². The highest BCUT2D eigenvalue weighted by molar-refractivity contribution is 5.74. The Labute approximate surface area is 126 Å². The molecule has 120 valence electrons. The third kappa shape index (κ3) is 4.25. The molecule has 1 aliphatic heterocycles. The van der Waals surface area contributed by atoms with E-state index < -0.39 is 0 Å². The number of hydrogen-bond acceptors (Lipinski definition) is 3. The van der Waals surface area contributed by atoms with Gasteiger partial charge in [-0.1, -0.05) is 0 Å². The third-order valence-corrected chi connectivity index (χ3v) is 4.36. The predicted octanol–water partition coefficient (Wildman–Crippen LogP) is 2.19. The smallest absolute Gasteiger partial charge is 0.410 e. The van der Waals surface area contributed by atoms with Crippen LogP contribution in [0.15, 0.2) is 0 Å². The highest BCUT2D eigenvalue weighted by atomic mass is 16.6. The topological polar surface area (TPSA) is 61.9 Å². The van der Waals surface area contributed by atoms with E-state index in [1.807, 2.05) is 25.8 Å². The van der Waals surface area contributed by atoms with Crippen LogP contribution in [-0.2, 0) is 4.74 Å². The number of likely N-dealkylation sites (tertiary alicyclic amines) is 1. The number of hydrogen-bond donors (Lipinski definition) is 1. The van der Waals surface area contributed by atoms with E-state index in [1.165, 1.54) is 6.42 Å². The molecule has 0 radical (unpaired) electrons. The largest absolute Gasteiger partial charge is 0.447 e. The summed E-state index contributed by atoms with van der Waals surface area (Å²) in [5, 5.41) is 3.08. The average Bonchev–Trinajstić information content (AvgIpc) is 2.36. The molecular weight excluding hydrogens is 270 g/mol. The van der Waals surface area contributed by atoms with Gasteiger partial charge in [0.2, 0.25) is 0 Å². The second kappa shape index (κ2) is 7.00. The van der Waals surface area contributed by atoms with E-state index in [9.17, 15) is 9.59 Å². The van der Waals surface area contributed by atoms with Gasteiger partial charge in [-0.05, 0) is 46.0 Å². The summed E-state index contributed by atoms with van der Waals surface area (Å²) in [6, 6.07) is 0.581. The molecule has 0 atom stereocenters. The Bertz CT molecular complexity index is 374. The van der Waals surface area contributed by atoms with Crippen LogP contribution in [0, 0.1) is 0 Å². The molecule has 21 heavy (non-hydrogen) atoms. The molecule has 0 aromatic rings. The number of rotatable bonds is 3. The first-order valence-electron chi connectivity index (χ1n) is 7.96. The maximum Gasteiger partial charge on any atom is 0.410 e. The summed E-state index contributed by atoms with van der Waals surface area (Å²) in [4.78, 5) is 27.4. The molecule has 0 aromatic heterocycles. The molecule has 6 heteroatoms. The standard InChI is InChI=1S/C15H27N3O3/c1-11(2)21-15(20)18-9-7-12(8-10-18)16-14(19)17(3)13-5-4-6-13/h11-13H,4-10H2,1-3H3,(H,16,19). The van der Waals surface area contributed by atoms with Crippen LogP contribution in [0.4, 0.5) is 9.59 Å². The number of piperidine rings is 1. The molecule has 2 aliphatic rings. The van der Waals surface area contributed by atoms with Crippen LogP contribution < -0.4 is 5.32 Å². The Morgan fingerprint density at radius 2 is 1.81 bits per heavy atom. The molecule has 2 rings (SSSR count). The Morgan fingerprint density at radius 3 is 2.29 bits per heavy atom. The molecule has 3 amide bonds. The van der Waals surface area contributed by atoms with Crippen molar-refractivity contribution in [1.82, 2.24) is 15.1 Å². The molecule has 1 N–H and O–H groups in total. The van der Waals surface area contributed by atoms with Gasteiger partial charge in [-0.2, -0.15) is 0 Å². The lowest BCUT2D eigenvalue weighted by molar-refractivity contribution is 0.0678. The van der Waals surface area contributed by atoms with Gasteiger partial charge in [0.15, 0.2) is 0 Å². The van der Waals surface area contributed by atoms with Crippen molar-refractivity contribution in [1.29, 1.82) is 0 Å². The molecule has 0 bridgehead atoms. The average molecular weight is 297 g/mol. The van der Waals surface area contributed by atoms with Crippen molar-refractivity contribution in [3.8, 4) is 0 Å². The van der Waals surface area contributed by atoms with Gasteiger partial charge in [0.05, 0.1) is 6.10 Å². The van der Waals surface area contributed by atoms with Crippen LogP contribution in [0.25, 0.3) is 0 Å². The van der Waals surface area contributed by atoms with E-state index >= 15 is 0 Å². The number of nitrogens with zero attached hydrogens (tertiary/aromatic N) is 2. The van der Waals surface area contributed by atoms with Gasteiger partial charge in [0.1, 0.15) is 0 Å². The molecular formula is C15H27N3O3. The van der Waals surface area contributed by atoms with Crippen LogP contribution in [0.2, 0.25) is 0 Å². The Balaban J connectivity index is 1.71. The van der Waals surface area contributed by atoms with Crippen LogP contribution >= 0.6 is 0 Å². The van der Waals surface area contributed by atoms with Crippen molar-refractivity contribution in [3.63, 3.8) is 0 Å². The van der Waals surface area contributed by atoms with E-state index in [4.69, 9.17) is 4.74 Å². The minimum absolute atomic E-state index is 0.0166. The Kier molecular flexibility index (Phi) is 5.31. The zero-order valence-corrected chi connectivity index (χ0v) is 13.3. The second-order valence-corrected chi connectivity index (χ2v) is 6.34. The first-order valence-corrected chi connectivity index (χ1v) is 7.96. The van der Waals surface area contributed by atoms with Crippen molar-refractivity contribution in [2.45, 2.75) is 64.1 Å². The summed E-state index contributed by atoms with van der Waals surface area (Å²) in [5.74, 6) is 0. The quantitative estimate of drug-likeness (QED) is 0.868. The number of ether oxygens (including phenoxy) is 1. The molecule has 1 saturated heterocycles. The molecule has 0 spiro atoms. The highest BCUT2D eigenvalue weighted by Crippen LogP contribution is 2.23. The van der Waals surface area contributed by atoms with E-state index in [-0.39, 0.29) is 24.3 Å². The normalized spacial score (nSPS) is 20.1. The number of carbonyl (C=O) groups is 2. The maximum atomic E-state index is 12.1. The summed E-state index contributed by atoms with van der Waals surface area (Å²) in [6.45, 7) is 4.98. The summed E-state index contributed by atoms with van der Waals surface area (Å²) in [7, 11) is 1.87. The van der Waals surface area contributed by atoms with Gasteiger partial charge < -0.3 is 19.9 Å². The first-order chi connectivity index (χ1) is 9.97. The monoisotopic (exact) mass is 297 g/mol. The fourth-order valence-electron chi connectivity index (χ4n) is 2.70. The lowest BCUT2D eigenvalue weighted by Gasteiger charge is -2.37. The minimum atomic E-state index is -0.249. The summed E-state index contributed by atoms with van der Waals surface area (Å²) in [6.07, 6.45) is 4.69. The number of nitrogens with one attached hydrogen (secondary N) is 1. The molecule has 2 fully saturated rings. The number of urea groups is 1.